The van der Waals surface area contributed by atoms with Crippen molar-refractivity contribution in [2.75, 3.05) is 18.9 Å². The van der Waals surface area contributed by atoms with Crippen LogP contribution in [0.15, 0.2) is 52.1 Å². The Morgan fingerprint density at radius 3 is 2.84 bits per heavy atom. The molecular formula is C24H29N3O4S. The van der Waals surface area contributed by atoms with Gasteiger partial charge in [-0.25, -0.2) is 0 Å². The molecule has 0 fully saturated rings. The fourth-order valence-corrected chi connectivity index (χ4v) is 5.17. The molecule has 1 atom stereocenters. The number of amides is 2. The number of ether oxygens (including phenoxy) is 1. The van der Waals surface area contributed by atoms with E-state index in [-0.39, 0.29) is 30.2 Å². The van der Waals surface area contributed by atoms with Crippen LogP contribution in [0.4, 0.5) is 0 Å². The highest BCUT2D eigenvalue weighted by Crippen LogP contribution is 2.42. The summed E-state index contributed by atoms with van der Waals surface area (Å²) in [6.07, 6.45) is 2.45. The van der Waals surface area contributed by atoms with Gasteiger partial charge in [0, 0.05) is 36.7 Å². The number of hydrogen-bond donors (Lipinski definition) is 1. The third kappa shape index (κ3) is 4.56. The first-order valence-corrected chi connectivity index (χ1v) is 11.9. The fraction of sp³-hybridized carbons (Fsp3) is 0.417. The number of para-hydroxylation sites is 1. The van der Waals surface area contributed by atoms with Gasteiger partial charge in [-0.2, -0.15) is 0 Å². The van der Waals surface area contributed by atoms with E-state index in [1.807, 2.05) is 51.2 Å². The summed E-state index contributed by atoms with van der Waals surface area (Å²) in [6, 6.07) is 10.9. The maximum Gasteiger partial charge on any atom is 0.247 e. The molecule has 8 heteroatoms. The summed E-state index contributed by atoms with van der Waals surface area (Å²) in [5, 5.41) is 4.97. The lowest BCUT2D eigenvalue weighted by Crippen LogP contribution is -2.43. The van der Waals surface area contributed by atoms with Gasteiger partial charge in [0.15, 0.2) is 0 Å². The molecule has 0 saturated carbocycles. The van der Waals surface area contributed by atoms with Crippen molar-refractivity contribution < 1.29 is 18.7 Å². The molecule has 1 aliphatic rings. The zero-order valence-corrected chi connectivity index (χ0v) is 19.5. The van der Waals surface area contributed by atoms with Crippen molar-refractivity contribution >= 4 is 34.5 Å². The van der Waals surface area contributed by atoms with Gasteiger partial charge in [0.25, 0.3) is 0 Å². The Labute approximate surface area is 192 Å². The molecule has 0 saturated heterocycles. The zero-order chi connectivity index (χ0) is 22.7. The quantitative estimate of drug-likeness (QED) is 0.522. The number of aryl methyl sites for hydroxylation is 1. The molecule has 3 heterocycles. The van der Waals surface area contributed by atoms with E-state index in [9.17, 15) is 9.59 Å². The van der Waals surface area contributed by atoms with Gasteiger partial charge in [0.1, 0.15) is 11.8 Å². The molecule has 4 rings (SSSR count). The van der Waals surface area contributed by atoms with Crippen molar-refractivity contribution in [2.45, 2.75) is 44.0 Å². The number of hydrogen-bond acceptors (Lipinski definition) is 5. The third-order valence-corrected chi connectivity index (χ3v) is 6.71. The number of furan rings is 1. The van der Waals surface area contributed by atoms with Gasteiger partial charge >= 0.3 is 0 Å². The summed E-state index contributed by atoms with van der Waals surface area (Å²) in [4.78, 5) is 28.4. The molecule has 1 aliphatic heterocycles. The van der Waals surface area contributed by atoms with Crippen LogP contribution in [0.1, 0.15) is 37.6 Å². The normalized spacial score (nSPS) is 16.4. The molecule has 7 nitrogen and oxygen atoms in total. The van der Waals surface area contributed by atoms with E-state index in [2.05, 4.69) is 9.88 Å². The maximum atomic E-state index is 13.6. The van der Waals surface area contributed by atoms with E-state index in [0.717, 1.165) is 21.5 Å². The molecule has 0 radical (unpaired) electrons. The Morgan fingerprint density at radius 1 is 1.28 bits per heavy atom. The van der Waals surface area contributed by atoms with E-state index in [1.54, 1.807) is 17.2 Å². The van der Waals surface area contributed by atoms with Crippen LogP contribution in [0.5, 0.6) is 0 Å². The van der Waals surface area contributed by atoms with E-state index >= 15 is 0 Å². The smallest absolute Gasteiger partial charge is 0.247 e. The Bertz CT molecular complexity index is 1090. The van der Waals surface area contributed by atoms with Crippen LogP contribution < -0.4 is 5.32 Å². The average molecular weight is 456 g/mol. The number of benzene rings is 1. The minimum atomic E-state index is -0.741. The van der Waals surface area contributed by atoms with Crippen LogP contribution >= 0.6 is 11.8 Å². The standard InChI is InChI=1S/C24H29N3O4S/c1-16(2)30-13-7-11-25-23(29)22-21-18-9-4-5-10-19(18)26(3)24(21)32-15-20(28)27(22)14-17-8-6-12-31-17/h4-6,8-10,12,16,22H,7,11,13-15H2,1-3H3,(H,25,29)/t22-/m0/s1. The lowest BCUT2D eigenvalue weighted by atomic mass is 10.0. The highest BCUT2D eigenvalue weighted by atomic mass is 32.2. The molecule has 1 aromatic carbocycles. The number of carbonyl (C=O) groups is 2. The molecule has 170 valence electrons. The molecule has 3 aromatic rings. The molecule has 2 aromatic heterocycles. The predicted molar refractivity (Wildman–Crippen MR) is 124 cm³/mol. The van der Waals surface area contributed by atoms with Crippen molar-refractivity contribution in [3.05, 3.63) is 54.0 Å². The first-order valence-electron chi connectivity index (χ1n) is 10.9. The summed E-state index contributed by atoms with van der Waals surface area (Å²) >= 11 is 1.48. The van der Waals surface area contributed by atoms with Crippen LogP contribution in [0.2, 0.25) is 0 Å². The average Bonchev–Trinajstić information content (AvgIpc) is 3.34. The van der Waals surface area contributed by atoms with Crippen molar-refractivity contribution in [3.63, 3.8) is 0 Å². The number of nitrogens with one attached hydrogen (secondary N) is 1. The second kappa shape index (κ2) is 9.83. The highest BCUT2D eigenvalue weighted by Gasteiger charge is 2.39. The number of nitrogens with zero attached hydrogens (tertiary/aromatic N) is 2. The molecular weight excluding hydrogens is 426 g/mol. The molecule has 32 heavy (non-hydrogen) atoms. The zero-order valence-electron chi connectivity index (χ0n) is 18.7. The number of fused-ring (bicyclic) bond motifs is 3. The molecule has 2 amide bonds. The Hall–Kier alpha value is -2.71. The second-order valence-electron chi connectivity index (χ2n) is 8.15. The van der Waals surface area contributed by atoms with E-state index in [0.29, 0.717) is 25.3 Å². The van der Waals surface area contributed by atoms with E-state index in [4.69, 9.17) is 9.15 Å². The number of thioether (sulfide) groups is 1. The van der Waals surface area contributed by atoms with Crippen molar-refractivity contribution in [2.24, 2.45) is 7.05 Å². The predicted octanol–water partition coefficient (Wildman–Crippen LogP) is 3.88. The lowest BCUT2D eigenvalue weighted by molar-refractivity contribution is -0.139. The summed E-state index contributed by atoms with van der Waals surface area (Å²) in [5.74, 6) is 0.642. The monoisotopic (exact) mass is 455 g/mol. The maximum absolute atomic E-state index is 13.6. The highest BCUT2D eigenvalue weighted by molar-refractivity contribution is 8.00. The minimum Gasteiger partial charge on any atom is -0.467 e. The van der Waals surface area contributed by atoms with Crippen molar-refractivity contribution in [3.8, 4) is 0 Å². The lowest BCUT2D eigenvalue weighted by Gasteiger charge is -2.29. The van der Waals surface area contributed by atoms with Crippen molar-refractivity contribution in [1.29, 1.82) is 0 Å². The van der Waals surface area contributed by atoms with Crippen LogP contribution in [-0.2, 0) is 27.9 Å². The first kappa shape index (κ1) is 22.5. The summed E-state index contributed by atoms with van der Waals surface area (Å²) in [5.41, 5.74) is 1.92. The summed E-state index contributed by atoms with van der Waals surface area (Å²) in [6.45, 7) is 5.28. The topological polar surface area (TPSA) is 76.7 Å². The van der Waals surface area contributed by atoms with Gasteiger partial charge < -0.3 is 23.9 Å². The van der Waals surface area contributed by atoms with Crippen LogP contribution in [0.25, 0.3) is 10.9 Å². The van der Waals surface area contributed by atoms with E-state index in [1.165, 1.54) is 11.8 Å². The SMILES string of the molecule is CC(C)OCCCNC(=O)[C@@H]1c2c(n(C)c3ccccc23)SCC(=O)N1Cc1ccco1. The van der Waals surface area contributed by atoms with E-state index < -0.39 is 6.04 Å². The molecule has 0 aliphatic carbocycles. The molecule has 0 spiro atoms. The fourth-order valence-electron chi connectivity index (χ4n) is 4.07. The van der Waals surface area contributed by atoms with Crippen molar-refractivity contribution in [1.82, 2.24) is 14.8 Å². The Kier molecular flexibility index (Phi) is 6.91. The van der Waals surface area contributed by atoms with Gasteiger partial charge in [-0.15, -0.1) is 0 Å². The van der Waals surface area contributed by atoms with Crippen LogP contribution in [0, 0.1) is 0 Å². The Balaban J connectivity index is 1.69. The number of carbonyl (C=O) groups excluding carboxylic acids is 2. The second-order valence-corrected chi connectivity index (χ2v) is 9.12. The number of rotatable bonds is 8. The number of aromatic nitrogens is 1. The largest absolute Gasteiger partial charge is 0.467 e. The van der Waals surface area contributed by atoms with Gasteiger partial charge in [-0.05, 0) is 38.5 Å². The van der Waals surface area contributed by atoms with Crippen LogP contribution in [-0.4, -0.2) is 46.3 Å². The Morgan fingerprint density at radius 2 is 2.09 bits per heavy atom. The minimum absolute atomic E-state index is 0.0880. The van der Waals surface area contributed by atoms with Gasteiger partial charge in [-0.3, -0.25) is 9.59 Å². The summed E-state index contributed by atoms with van der Waals surface area (Å²) in [7, 11) is 1.99. The third-order valence-electron chi connectivity index (χ3n) is 5.55. The molecule has 0 unspecified atom stereocenters. The van der Waals surface area contributed by atoms with Gasteiger partial charge in [0.2, 0.25) is 11.8 Å². The van der Waals surface area contributed by atoms with Gasteiger partial charge in [0.05, 0.1) is 29.7 Å². The van der Waals surface area contributed by atoms with Gasteiger partial charge in [-0.1, -0.05) is 30.0 Å². The first-order chi connectivity index (χ1) is 15.5. The molecule has 0 bridgehead atoms. The molecule has 1 N–H and O–H groups in total. The summed E-state index contributed by atoms with van der Waals surface area (Å²) < 4.78 is 13.2. The van der Waals surface area contributed by atoms with Crippen LogP contribution in [0.3, 0.4) is 0 Å².